The summed E-state index contributed by atoms with van der Waals surface area (Å²) >= 11 is 5.78. The van der Waals surface area contributed by atoms with Gasteiger partial charge in [0.05, 0.1) is 15.3 Å². The molecule has 2 N–H and O–H groups in total. The van der Waals surface area contributed by atoms with Crippen LogP contribution in [0.25, 0.3) is 5.65 Å². The first-order chi connectivity index (χ1) is 16.3. The van der Waals surface area contributed by atoms with Gasteiger partial charge in [-0.15, -0.1) is 0 Å². The number of nitrogens with zero attached hydrogens (tertiary/aromatic N) is 2. The van der Waals surface area contributed by atoms with E-state index in [1.807, 2.05) is 28.9 Å². The standard InChI is InChI=1S/C24H28N4O4S2/c1-17(27-34(30,31)19-8-4-3-5-9-19)22(29)32-20-10-6-7-13-24(20,23(33)25-2)18-11-12-21-26-14-15-28(21)16-18/h3-5,8-9,11-12,14-17,20,27H,6-7,10,13H2,1-2H3,(H,25,33)/t17-,20?,24?/m0/s1. The van der Waals surface area contributed by atoms with Gasteiger partial charge in [0.1, 0.15) is 17.8 Å². The predicted molar refractivity (Wildman–Crippen MR) is 133 cm³/mol. The van der Waals surface area contributed by atoms with Gasteiger partial charge >= 0.3 is 5.97 Å². The van der Waals surface area contributed by atoms with E-state index in [9.17, 15) is 13.2 Å². The van der Waals surface area contributed by atoms with Crippen LogP contribution in [-0.4, -0.2) is 48.0 Å². The third-order valence-corrected chi connectivity index (χ3v) is 8.50. The van der Waals surface area contributed by atoms with Gasteiger partial charge in [-0.2, -0.15) is 4.72 Å². The summed E-state index contributed by atoms with van der Waals surface area (Å²) in [7, 11) is -2.10. The number of imidazole rings is 1. The van der Waals surface area contributed by atoms with E-state index in [1.54, 1.807) is 31.4 Å². The summed E-state index contributed by atoms with van der Waals surface area (Å²) in [5.41, 5.74) is 1.00. The third-order valence-electron chi connectivity index (χ3n) is 6.37. The largest absolute Gasteiger partial charge is 0.460 e. The maximum atomic E-state index is 13.1. The van der Waals surface area contributed by atoms with Gasteiger partial charge in [0.25, 0.3) is 0 Å². The maximum absolute atomic E-state index is 13.1. The van der Waals surface area contributed by atoms with E-state index in [4.69, 9.17) is 17.0 Å². The van der Waals surface area contributed by atoms with Crippen molar-refractivity contribution < 1.29 is 17.9 Å². The molecule has 8 nitrogen and oxygen atoms in total. The highest BCUT2D eigenvalue weighted by molar-refractivity contribution is 7.89. The van der Waals surface area contributed by atoms with E-state index >= 15 is 0 Å². The molecule has 2 aromatic heterocycles. The maximum Gasteiger partial charge on any atom is 0.324 e. The number of thiocarbonyl (C=S) groups is 1. The Hall–Kier alpha value is -2.82. The first-order valence-electron chi connectivity index (χ1n) is 11.2. The number of fused-ring (bicyclic) bond motifs is 1. The second-order valence-electron chi connectivity index (χ2n) is 8.49. The van der Waals surface area contributed by atoms with Crippen LogP contribution in [0.1, 0.15) is 38.2 Å². The highest BCUT2D eigenvalue weighted by Crippen LogP contribution is 2.42. The quantitative estimate of drug-likeness (QED) is 0.380. The van der Waals surface area contributed by atoms with Gasteiger partial charge < -0.3 is 14.5 Å². The van der Waals surface area contributed by atoms with Crippen molar-refractivity contribution >= 4 is 38.8 Å². The Morgan fingerprint density at radius 3 is 2.74 bits per heavy atom. The van der Waals surface area contributed by atoms with Gasteiger partial charge in [0.2, 0.25) is 10.0 Å². The Kier molecular flexibility index (Phi) is 7.01. The highest BCUT2D eigenvalue weighted by Gasteiger charge is 2.48. The molecule has 3 atom stereocenters. The Balaban J connectivity index is 1.61. The van der Waals surface area contributed by atoms with Crippen molar-refractivity contribution in [3.63, 3.8) is 0 Å². The Labute approximate surface area is 204 Å². The molecule has 2 heterocycles. The highest BCUT2D eigenvalue weighted by atomic mass is 32.2. The number of hydrogen-bond donors (Lipinski definition) is 2. The molecule has 1 aromatic carbocycles. The van der Waals surface area contributed by atoms with Crippen molar-refractivity contribution in [1.82, 2.24) is 19.4 Å². The lowest BCUT2D eigenvalue weighted by Crippen LogP contribution is -2.55. The molecule has 0 spiro atoms. The molecule has 0 radical (unpaired) electrons. The average Bonchev–Trinajstić information content (AvgIpc) is 3.32. The average molecular weight is 501 g/mol. The van der Waals surface area contributed by atoms with Crippen LogP contribution >= 0.6 is 12.2 Å². The van der Waals surface area contributed by atoms with Crippen LogP contribution in [0.3, 0.4) is 0 Å². The lowest BCUT2D eigenvalue weighted by molar-refractivity contribution is -0.154. The van der Waals surface area contributed by atoms with Crippen molar-refractivity contribution in [2.45, 2.75) is 55.1 Å². The smallest absolute Gasteiger partial charge is 0.324 e. The summed E-state index contributed by atoms with van der Waals surface area (Å²) in [5.74, 6) is -0.640. The topological polar surface area (TPSA) is 102 Å². The van der Waals surface area contributed by atoms with E-state index in [-0.39, 0.29) is 4.90 Å². The lowest BCUT2D eigenvalue weighted by Gasteiger charge is -2.44. The molecule has 0 bridgehead atoms. The molecule has 1 saturated carbocycles. The zero-order chi connectivity index (χ0) is 24.3. The van der Waals surface area contributed by atoms with E-state index < -0.39 is 33.6 Å². The van der Waals surface area contributed by atoms with Gasteiger partial charge in [-0.05, 0) is 49.9 Å². The minimum absolute atomic E-state index is 0.0895. The zero-order valence-electron chi connectivity index (χ0n) is 19.1. The van der Waals surface area contributed by atoms with Gasteiger partial charge in [-0.25, -0.2) is 13.4 Å². The number of nitrogens with one attached hydrogen (secondary N) is 2. The summed E-state index contributed by atoms with van der Waals surface area (Å²) in [5, 5.41) is 3.11. The molecule has 4 rings (SSSR count). The number of esters is 1. The first kappa shape index (κ1) is 24.3. The molecule has 10 heteroatoms. The van der Waals surface area contributed by atoms with Crippen LogP contribution in [0.15, 0.2) is 66.0 Å². The Bertz CT molecular complexity index is 1290. The van der Waals surface area contributed by atoms with Crippen LogP contribution in [0, 0.1) is 0 Å². The van der Waals surface area contributed by atoms with Crippen molar-refractivity contribution in [1.29, 1.82) is 0 Å². The number of benzene rings is 1. The molecule has 0 aliphatic heterocycles. The number of ether oxygens (including phenoxy) is 1. The second kappa shape index (κ2) is 9.81. The fourth-order valence-corrected chi connectivity index (χ4v) is 6.18. The number of sulfonamides is 1. The van der Waals surface area contributed by atoms with Gasteiger partial charge in [-0.3, -0.25) is 4.79 Å². The summed E-state index contributed by atoms with van der Waals surface area (Å²) < 4.78 is 35.7. The van der Waals surface area contributed by atoms with Gasteiger partial charge in [0, 0.05) is 25.6 Å². The first-order valence-corrected chi connectivity index (χ1v) is 13.1. The lowest BCUT2D eigenvalue weighted by atomic mass is 9.67. The molecular formula is C24H28N4O4S2. The molecule has 34 heavy (non-hydrogen) atoms. The molecule has 2 unspecified atom stereocenters. The minimum Gasteiger partial charge on any atom is -0.460 e. The van der Waals surface area contributed by atoms with E-state index in [0.717, 1.165) is 24.1 Å². The number of aromatic nitrogens is 2. The third kappa shape index (κ3) is 4.57. The number of likely N-dealkylation sites (N-methyl/N-ethyl adjacent to an activating group) is 1. The van der Waals surface area contributed by atoms with Crippen LogP contribution in [0.5, 0.6) is 0 Å². The van der Waals surface area contributed by atoms with Crippen molar-refractivity contribution in [3.8, 4) is 0 Å². The Morgan fingerprint density at radius 1 is 1.24 bits per heavy atom. The normalized spacial score (nSPS) is 21.6. The van der Waals surface area contributed by atoms with Crippen molar-refractivity contribution in [3.05, 3.63) is 66.6 Å². The summed E-state index contributed by atoms with van der Waals surface area (Å²) in [6, 6.07) is 10.8. The fraction of sp³-hybridized carbons (Fsp3) is 0.375. The van der Waals surface area contributed by atoms with Crippen molar-refractivity contribution in [2.24, 2.45) is 0 Å². The monoisotopic (exact) mass is 500 g/mol. The van der Waals surface area contributed by atoms with Crippen LogP contribution < -0.4 is 10.0 Å². The molecular weight excluding hydrogens is 472 g/mol. The van der Waals surface area contributed by atoms with Crippen LogP contribution in [0.2, 0.25) is 0 Å². The Morgan fingerprint density at radius 2 is 2.00 bits per heavy atom. The SMILES string of the molecule is CNC(=S)C1(c2ccc3nccn3c2)CCCCC1OC(=O)[C@H](C)NS(=O)(=O)c1ccccc1. The molecule has 1 fully saturated rings. The number of carbonyl (C=O) groups excluding carboxylic acids is 1. The molecule has 180 valence electrons. The van der Waals surface area contributed by atoms with E-state index in [1.165, 1.54) is 19.1 Å². The van der Waals surface area contributed by atoms with Gasteiger partial charge in [0.15, 0.2) is 0 Å². The summed E-state index contributed by atoms with van der Waals surface area (Å²) in [6.07, 6.45) is 8.14. The number of carbonyl (C=O) groups is 1. The predicted octanol–water partition coefficient (Wildman–Crippen LogP) is 2.97. The molecule has 0 saturated heterocycles. The molecule has 0 amide bonds. The molecule has 1 aliphatic rings. The number of pyridine rings is 1. The number of rotatable bonds is 7. The minimum atomic E-state index is -3.86. The summed E-state index contributed by atoms with van der Waals surface area (Å²) in [6.45, 7) is 1.49. The zero-order valence-corrected chi connectivity index (χ0v) is 20.7. The van der Waals surface area contributed by atoms with Crippen LogP contribution in [0.4, 0.5) is 0 Å². The van der Waals surface area contributed by atoms with E-state index in [2.05, 4.69) is 15.0 Å². The fourth-order valence-electron chi connectivity index (χ4n) is 4.62. The van der Waals surface area contributed by atoms with E-state index in [0.29, 0.717) is 17.8 Å². The molecule has 1 aliphatic carbocycles. The van der Waals surface area contributed by atoms with Crippen LogP contribution in [-0.2, 0) is 25.0 Å². The summed E-state index contributed by atoms with van der Waals surface area (Å²) in [4.78, 5) is 18.1. The molecule has 3 aromatic rings. The van der Waals surface area contributed by atoms with Gasteiger partial charge in [-0.1, -0.05) is 42.9 Å². The number of hydrogen-bond acceptors (Lipinski definition) is 6. The van der Waals surface area contributed by atoms with Crippen molar-refractivity contribution in [2.75, 3.05) is 7.05 Å². The second-order valence-corrected chi connectivity index (χ2v) is 10.6.